The van der Waals surface area contributed by atoms with Crippen LogP contribution in [0.2, 0.25) is 0 Å². The third kappa shape index (κ3) is 6.47. The number of nitrogens with one attached hydrogen (secondary N) is 1. The molecule has 0 radical (unpaired) electrons. The van der Waals surface area contributed by atoms with Gasteiger partial charge in [0.1, 0.15) is 0 Å². The molecule has 0 bridgehead atoms. The maximum Gasteiger partial charge on any atom is 0.251 e. The van der Waals surface area contributed by atoms with Gasteiger partial charge in [-0.05, 0) is 77.4 Å². The van der Waals surface area contributed by atoms with Crippen molar-refractivity contribution in [2.24, 2.45) is 0 Å². The van der Waals surface area contributed by atoms with Crippen LogP contribution in [-0.4, -0.2) is 44.4 Å². The molecule has 0 spiro atoms. The summed E-state index contributed by atoms with van der Waals surface area (Å²) in [6.07, 6.45) is 5.33. The van der Waals surface area contributed by atoms with E-state index in [2.05, 4.69) is 46.6 Å². The fraction of sp³-hybridized carbons (Fsp3) is 0.276. The predicted octanol–water partition coefficient (Wildman–Crippen LogP) is 5.65. The molecule has 0 fully saturated rings. The van der Waals surface area contributed by atoms with Crippen LogP contribution in [0, 0.1) is 0 Å². The minimum atomic E-state index is -0.0502. The molecule has 5 nitrogen and oxygen atoms in total. The van der Waals surface area contributed by atoms with E-state index in [1.165, 1.54) is 16.7 Å². The first-order chi connectivity index (χ1) is 17.1. The minimum Gasteiger partial charge on any atom is -0.493 e. The van der Waals surface area contributed by atoms with Gasteiger partial charge in [-0.25, -0.2) is 0 Å². The molecule has 6 heteroatoms. The highest BCUT2D eigenvalue weighted by atomic mass is 32.2. The van der Waals surface area contributed by atoms with Gasteiger partial charge in [0.2, 0.25) is 0 Å². The van der Waals surface area contributed by atoms with E-state index in [1.807, 2.05) is 42.7 Å². The summed E-state index contributed by atoms with van der Waals surface area (Å²) in [5.41, 5.74) is 5.58. The van der Waals surface area contributed by atoms with Crippen molar-refractivity contribution in [3.8, 4) is 11.5 Å². The van der Waals surface area contributed by atoms with Crippen LogP contribution in [0.4, 0.5) is 0 Å². The van der Waals surface area contributed by atoms with Crippen LogP contribution in [0.1, 0.15) is 33.5 Å². The third-order valence-electron chi connectivity index (χ3n) is 6.25. The second-order valence-corrected chi connectivity index (χ2v) is 9.40. The monoisotopic (exact) mass is 488 g/mol. The van der Waals surface area contributed by atoms with Crippen molar-refractivity contribution in [1.29, 1.82) is 0 Å². The van der Waals surface area contributed by atoms with E-state index in [1.54, 1.807) is 26.0 Å². The van der Waals surface area contributed by atoms with Gasteiger partial charge in [-0.2, -0.15) is 0 Å². The summed E-state index contributed by atoms with van der Waals surface area (Å²) in [7, 11) is 3.32. The summed E-state index contributed by atoms with van der Waals surface area (Å²) in [6, 6.07) is 22.3. The molecule has 3 aromatic carbocycles. The molecule has 0 aromatic heterocycles. The van der Waals surface area contributed by atoms with Gasteiger partial charge in [-0.15, -0.1) is 11.8 Å². The van der Waals surface area contributed by atoms with Crippen molar-refractivity contribution >= 4 is 23.2 Å². The quantitative estimate of drug-likeness (QED) is 0.395. The third-order valence-corrected chi connectivity index (χ3v) is 6.99. The van der Waals surface area contributed by atoms with Crippen LogP contribution in [0.3, 0.4) is 0 Å². The maximum absolute atomic E-state index is 12.5. The standard InChI is InChI=1S/C29H32N2O3S/c1-33-27-12-7-22(18-28(27)34-2)20-31-15-13-23(14-16-31)25-6-4-5-21(17-25)19-30-29(32)24-8-10-26(35-3)11-9-24/h4-13,17-18H,14-16,19-20H2,1-3H3,(H,30,32). The molecule has 4 rings (SSSR count). The first kappa shape index (κ1) is 24.9. The highest BCUT2D eigenvalue weighted by molar-refractivity contribution is 7.98. The smallest absolute Gasteiger partial charge is 0.251 e. The van der Waals surface area contributed by atoms with E-state index in [0.717, 1.165) is 48.0 Å². The molecule has 0 aliphatic carbocycles. The highest BCUT2D eigenvalue weighted by Gasteiger charge is 2.15. The summed E-state index contributed by atoms with van der Waals surface area (Å²) in [5.74, 6) is 1.46. The summed E-state index contributed by atoms with van der Waals surface area (Å²) in [6.45, 7) is 3.27. The fourth-order valence-corrected chi connectivity index (χ4v) is 4.67. The Labute approximate surface area is 212 Å². The van der Waals surface area contributed by atoms with Gasteiger partial charge in [-0.1, -0.05) is 30.3 Å². The number of methoxy groups -OCH3 is 2. The molecule has 0 unspecified atom stereocenters. The molecular weight excluding hydrogens is 456 g/mol. The normalized spacial score (nSPS) is 13.7. The number of ether oxygens (including phenoxy) is 2. The van der Waals surface area contributed by atoms with Crippen molar-refractivity contribution in [3.63, 3.8) is 0 Å². The lowest BCUT2D eigenvalue weighted by molar-refractivity contribution is 0.0951. The molecule has 1 N–H and O–H groups in total. The second-order valence-electron chi connectivity index (χ2n) is 8.52. The molecule has 0 saturated heterocycles. The summed E-state index contributed by atoms with van der Waals surface area (Å²) in [5, 5.41) is 3.04. The number of thioether (sulfide) groups is 1. The Morgan fingerprint density at radius 3 is 2.46 bits per heavy atom. The van der Waals surface area contributed by atoms with Crippen LogP contribution < -0.4 is 14.8 Å². The summed E-state index contributed by atoms with van der Waals surface area (Å²) in [4.78, 5) is 16.1. The van der Waals surface area contributed by atoms with Crippen LogP contribution in [0.5, 0.6) is 11.5 Å². The van der Waals surface area contributed by atoms with Gasteiger partial charge in [0.15, 0.2) is 11.5 Å². The molecule has 1 heterocycles. The topological polar surface area (TPSA) is 50.8 Å². The molecule has 182 valence electrons. The zero-order valence-electron chi connectivity index (χ0n) is 20.5. The first-order valence-corrected chi connectivity index (χ1v) is 13.0. The average Bonchev–Trinajstić information content (AvgIpc) is 2.92. The zero-order valence-corrected chi connectivity index (χ0v) is 21.4. The molecule has 0 saturated carbocycles. The number of hydrogen-bond acceptors (Lipinski definition) is 5. The van der Waals surface area contributed by atoms with Gasteiger partial charge in [0.05, 0.1) is 14.2 Å². The fourth-order valence-electron chi connectivity index (χ4n) is 4.26. The van der Waals surface area contributed by atoms with Crippen molar-refractivity contribution in [2.45, 2.75) is 24.4 Å². The average molecular weight is 489 g/mol. The van der Waals surface area contributed by atoms with E-state index in [0.29, 0.717) is 12.1 Å². The van der Waals surface area contributed by atoms with Crippen LogP contribution in [0.15, 0.2) is 77.7 Å². The zero-order chi connectivity index (χ0) is 24.6. The number of nitrogens with zero attached hydrogens (tertiary/aromatic N) is 1. The van der Waals surface area contributed by atoms with E-state index in [4.69, 9.17) is 9.47 Å². The number of rotatable bonds is 9. The lowest BCUT2D eigenvalue weighted by Crippen LogP contribution is -2.28. The van der Waals surface area contributed by atoms with Crippen molar-refractivity contribution in [2.75, 3.05) is 33.6 Å². The molecule has 1 aliphatic heterocycles. The Hall–Kier alpha value is -3.22. The van der Waals surface area contributed by atoms with E-state index in [-0.39, 0.29) is 5.91 Å². The first-order valence-electron chi connectivity index (χ1n) is 11.7. The molecule has 35 heavy (non-hydrogen) atoms. The van der Waals surface area contributed by atoms with Gasteiger partial charge in [-0.3, -0.25) is 9.69 Å². The number of carbonyl (C=O) groups excluding carboxylic acids is 1. The van der Waals surface area contributed by atoms with Crippen LogP contribution >= 0.6 is 11.8 Å². The Balaban J connectivity index is 1.34. The molecule has 1 aliphatic rings. The van der Waals surface area contributed by atoms with Crippen LogP contribution in [0.25, 0.3) is 5.57 Å². The maximum atomic E-state index is 12.5. The largest absolute Gasteiger partial charge is 0.493 e. The van der Waals surface area contributed by atoms with Crippen LogP contribution in [-0.2, 0) is 13.1 Å². The van der Waals surface area contributed by atoms with Gasteiger partial charge < -0.3 is 14.8 Å². The molecule has 3 aromatic rings. The lowest BCUT2D eigenvalue weighted by atomic mass is 9.97. The van der Waals surface area contributed by atoms with E-state index in [9.17, 15) is 4.79 Å². The number of carbonyl (C=O) groups is 1. The number of hydrogen-bond donors (Lipinski definition) is 1. The minimum absolute atomic E-state index is 0.0502. The Bertz CT molecular complexity index is 1190. The summed E-state index contributed by atoms with van der Waals surface area (Å²) >= 11 is 1.67. The lowest BCUT2D eigenvalue weighted by Gasteiger charge is -2.27. The second kappa shape index (κ2) is 12.0. The highest BCUT2D eigenvalue weighted by Crippen LogP contribution is 2.29. The molecule has 0 atom stereocenters. The van der Waals surface area contributed by atoms with Gasteiger partial charge in [0.25, 0.3) is 5.91 Å². The predicted molar refractivity (Wildman–Crippen MR) is 143 cm³/mol. The van der Waals surface area contributed by atoms with Gasteiger partial charge in [0, 0.05) is 36.6 Å². The van der Waals surface area contributed by atoms with Gasteiger partial charge >= 0.3 is 0 Å². The van der Waals surface area contributed by atoms with E-state index >= 15 is 0 Å². The van der Waals surface area contributed by atoms with Crippen molar-refractivity contribution in [1.82, 2.24) is 10.2 Å². The van der Waals surface area contributed by atoms with Crippen molar-refractivity contribution in [3.05, 3.63) is 95.1 Å². The Morgan fingerprint density at radius 1 is 0.971 bits per heavy atom. The Morgan fingerprint density at radius 2 is 1.77 bits per heavy atom. The summed E-state index contributed by atoms with van der Waals surface area (Å²) < 4.78 is 10.8. The number of amides is 1. The van der Waals surface area contributed by atoms with Crippen molar-refractivity contribution < 1.29 is 14.3 Å². The molecular formula is C29H32N2O3S. The van der Waals surface area contributed by atoms with E-state index < -0.39 is 0 Å². The SMILES string of the molecule is COc1ccc(CN2CC=C(c3cccc(CNC(=O)c4ccc(SC)cc4)c3)CC2)cc1OC. The molecule has 1 amide bonds. The Kier molecular flexibility index (Phi) is 8.50. The number of benzene rings is 3.